The molecule has 1 amide bonds. The van der Waals surface area contributed by atoms with E-state index in [1.165, 1.54) is 24.3 Å². The normalized spacial score (nSPS) is 17.6. The van der Waals surface area contributed by atoms with Gasteiger partial charge in [0.1, 0.15) is 16.2 Å². The lowest BCUT2D eigenvalue weighted by molar-refractivity contribution is -0.150. The van der Waals surface area contributed by atoms with E-state index in [1.807, 2.05) is 0 Å². The van der Waals surface area contributed by atoms with Crippen molar-refractivity contribution in [2.45, 2.75) is 12.5 Å². The Kier molecular flexibility index (Phi) is 5.12. The molecule has 1 aromatic rings. The van der Waals surface area contributed by atoms with Crippen molar-refractivity contribution in [3.63, 3.8) is 0 Å². The predicted molar refractivity (Wildman–Crippen MR) is 85.1 cm³/mol. The minimum Gasteiger partial charge on any atom is -0.481 e. The summed E-state index contributed by atoms with van der Waals surface area (Å²) in [4.78, 5) is 35.1. The van der Waals surface area contributed by atoms with E-state index in [4.69, 9.17) is 22.4 Å². The lowest BCUT2D eigenvalue weighted by Crippen LogP contribution is -2.45. The van der Waals surface area contributed by atoms with Crippen LogP contribution >= 0.6 is 24.0 Å². The van der Waals surface area contributed by atoms with Gasteiger partial charge < -0.3 is 10.2 Å². The van der Waals surface area contributed by atoms with Gasteiger partial charge in [-0.1, -0.05) is 42.2 Å². The Morgan fingerprint density at radius 1 is 1.35 bits per heavy atom. The van der Waals surface area contributed by atoms with Crippen LogP contribution in [0.15, 0.2) is 29.2 Å². The van der Waals surface area contributed by atoms with Gasteiger partial charge in [0.25, 0.3) is 5.91 Å². The number of rotatable bonds is 5. The maximum atomic E-state index is 13.6. The van der Waals surface area contributed by atoms with Crippen LogP contribution < -0.4 is 0 Å². The summed E-state index contributed by atoms with van der Waals surface area (Å²) in [7, 11) is 0. The van der Waals surface area contributed by atoms with Crippen LogP contribution in [0.25, 0.3) is 6.08 Å². The van der Waals surface area contributed by atoms with Crippen molar-refractivity contribution >= 4 is 52.2 Å². The number of aliphatic carboxylic acids is 2. The largest absolute Gasteiger partial charge is 0.481 e. The average Bonchev–Trinajstić information content (AvgIpc) is 2.73. The molecule has 0 aliphatic carbocycles. The SMILES string of the molecule is O=C(O)CC(C(=O)O)N1C(=O)/C(=C\c2ccccc2F)SC1=S. The van der Waals surface area contributed by atoms with E-state index in [2.05, 4.69) is 0 Å². The van der Waals surface area contributed by atoms with Gasteiger partial charge in [0.2, 0.25) is 0 Å². The molecule has 23 heavy (non-hydrogen) atoms. The van der Waals surface area contributed by atoms with Gasteiger partial charge in [-0.25, -0.2) is 9.18 Å². The third kappa shape index (κ3) is 3.74. The molecule has 1 saturated heterocycles. The highest BCUT2D eigenvalue weighted by Crippen LogP contribution is 2.34. The van der Waals surface area contributed by atoms with Crippen LogP contribution in [-0.2, 0) is 14.4 Å². The summed E-state index contributed by atoms with van der Waals surface area (Å²) in [6.45, 7) is 0. The second-order valence-corrected chi connectivity index (χ2v) is 6.20. The summed E-state index contributed by atoms with van der Waals surface area (Å²) in [6, 6.07) is 4.14. The number of carbonyl (C=O) groups is 3. The fraction of sp³-hybridized carbons (Fsp3) is 0.143. The van der Waals surface area contributed by atoms with Crippen LogP contribution in [-0.4, -0.2) is 43.3 Å². The van der Waals surface area contributed by atoms with Crippen molar-refractivity contribution in [2.24, 2.45) is 0 Å². The summed E-state index contributed by atoms with van der Waals surface area (Å²) in [5.74, 6) is -4.14. The van der Waals surface area contributed by atoms with Crippen molar-refractivity contribution in [2.75, 3.05) is 0 Å². The Bertz CT molecular complexity index is 734. The van der Waals surface area contributed by atoms with Crippen molar-refractivity contribution < 1.29 is 29.0 Å². The van der Waals surface area contributed by atoms with Gasteiger partial charge in [-0.05, 0) is 12.1 Å². The molecule has 1 unspecified atom stereocenters. The molecular weight excluding hydrogens is 345 g/mol. The number of hydrogen-bond donors (Lipinski definition) is 2. The summed E-state index contributed by atoms with van der Waals surface area (Å²) < 4.78 is 13.6. The highest BCUT2D eigenvalue weighted by Gasteiger charge is 2.41. The van der Waals surface area contributed by atoms with Gasteiger partial charge in [-0.15, -0.1) is 0 Å². The molecule has 6 nitrogen and oxygen atoms in total. The van der Waals surface area contributed by atoms with Crippen LogP contribution in [0.3, 0.4) is 0 Å². The molecule has 1 aliphatic heterocycles. The van der Waals surface area contributed by atoms with Gasteiger partial charge >= 0.3 is 11.9 Å². The second-order valence-electron chi connectivity index (χ2n) is 4.53. The van der Waals surface area contributed by atoms with Gasteiger partial charge in [-0.2, -0.15) is 0 Å². The maximum absolute atomic E-state index is 13.6. The monoisotopic (exact) mass is 355 g/mol. The third-order valence-corrected chi connectivity index (χ3v) is 4.31. The van der Waals surface area contributed by atoms with Crippen molar-refractivity contribution in [1.82, 2.24) is 4.90 Å². The average molecular weight is 355 g/mol. The number of hydrogen-bond acceptors (Lipinski definition) is 5. The standard InChI is InChI=1S/C14H10FNO5S2/c15-8-4-2-1-3-7(8)5-10-12(19)16(14(22)23-10)9(13(20)21)6-11(17)18/h1-5,9H,6H2,(H,17,18)(H,20,21)/b10-5+. The van der Waals surface area contributed by atoms with Crippen molar-refractivity contribution in [3.05, 3.63) is 40.6 Å². The van der Waals surface area contributed by atoms with E-state index in [9.17, 15) is 18.8 Å². The summed E-state index contributed by atoms with van der Waals surface area (Å²) in [6.07, 6.45) is 0.475. The smallest absolute Gasteiger partial charge is 0.327 e. The van der Waals surface area contributed by atoms with E-state index in [1.54, 1.807) is 6.07 Å². The number of carboxylic acids is 2. The minimum atomic E-state index is -1.61. The first kappa shape index (κ1) is 17.1. The number of thioether (sulfide) groups is 1. The zero-order chi connectivity index (χ0) is 17.1. The first-order valence-electron chi connectivity index (χ1n) is 6.27. The van der Waals surface area contributed by atoms with Crippen LogP contribution in [0.4, 0.5) is 4.39 Å². The number of amides is 1. The number of halogens is 1. The minimum absolute atomic E-state index is 0.0386. The fourth-order valence-corrected chi connectivity index (χ4v) is 3.28. The molecule has 1 atom stereocenters. The number of thiocarbonyl (C=S) groups is 1. The first-order valence-corrected chi connectivity index (χ1v) is 7.50. The first-order chi connectivity index (χ1) is 10.8. The molecule has 1 aromatic carbocycles. The Balaban J connectivity index is 2.34. The van der Waals surface area contributed by atoms with E-state index < -0.39 is 36.1 Å². The van der Waals surface area contributed by atoms with Crippen LogP contribution in [0, 0.1) is 5.82 Å². The Morgan fingerprint density at radius 3 is 2.57 bits per heavy atom. The Hall–Kier alpha value is -2.26. The number of carbonyl (C=O) groups excluding carboxylic acids is 1. The van der Waals surface area contributed by atoms with E-state index in [0.29, 0.717) is 0 Å². The summed E-state index contributed by atoms with van der Waals surface area (Å²) in [5.41, 5.74) is 0.151. The van der Waals surface area contributed by atoms with Gasteiger partial charge in [-0.3, -0.25) is 14.5 Å². The molecule has 0 aromatic heterocycles. The fourth-order valence-electron chi connectivity index (χ4n) is 1.94. The summed E-state index contributed by atoms with van der Waals surface area (Å²) >= 11 is 5.77. The van der Waals surface area contributed by atoms with E-state index >= 15 is 0 Å². The molecule has 1 aliphatic rings. The highest BCUT2D eigenvalue weighted by molar-refractivity contribution is 8.26. The van der Waals surface area contributed by atoms with E-state index in [0.717, 1.165) is 16.7 Å². The second kappa shape index (κ2) is 6.88. The van der Waals surface area contributed by atoms with Crippen LogP contribution in [0.2, 0.25) is 0 Å². The predicted octanol–water partition coefficient (Wildman–Crippen LogP) is 1.95. The molecule has 1 fully saturated rings. The molecule has 2 rings (SSSR count). The quantitative estimate of drug-likeness (QED) is 0.616. The van der Waals surface area contributed by atoms with Crippen LogP contribution in [0.1, 0.15) is 12.0 Å². The topological polar surface area (TPSA) is 94.9 Å². The molecule has 9 heteroatoms. The molecule has 0 spiro atoms. The highest BCUT2D eigenvalue weighted by atomic mass is 32.2. The zero-order valence-electron chi connectivity index (χ0n) is 11.4. The Labute approximate surface area is 139 Å². The number of nitrogens with zero attached hydrogens (tertiary/aromatic N) is 1. The molecule has 2 N–H and O–H groups in total. The van der Waals surface area contributed by atoms with Gasteiger partial charge in [0.05, 0.1) is 11.3 Å². The van der Waals surface area contributed by atoms with Crippen LogP contribution in [0.5, 0.6) is 0 Å². The lowest BCUT2D eigenvalue weighted by atomic mass is 10.1. The van der Waals surface area contributed by atoms with Gasteiger partial charge in [0, 0.05) is 5.56 Å². The summed E-state index contributed by atoms with van der Waals surface area (Å²) in [5, 5.41) is 17.9. The third-order valence-electron chi connectivity index (χ3n) is 2.98. The zero-order valence-corrected chi connectivity index (χ0v) is 13.1. The molecular formula is C14H10FNO5S2. The number of carboxylic acid groups (broad SMARTS) is 2. The van der Waals surface area contributed by atoms with Crippen molar-refractivity contribution in [3.8, 4) is 0 Å². The van der Waals surface area contributed by atoms with E-state index in [-0.39, 0.29) is 14.8 Å². The molecule has 0 radical (unpaired) electrons. The Morgan fingerprint density at radius 2 is 2.00 bits per heavy atom. The molecule has 120 valence electrons. The molecule has 1 heterocycles. The molecule has 0 saturated carbocycles. The van der Waals surface area contributed by atoms with Gasteiger partial charge in [0.15, 0.2) is 0 Å². The lowest BCUT2D eigenvalue weighted by Gasteiger charge is -2.21. The maximum Gasteiger partial charge on any atom is 0.327 e. The molecule has 0 bridgehead atoms. The number of benzene rings is 1. The van der Waals surface area contributed by atoms with Crippen molar-refractivity contribution in [1.29, 1.82) is 0 Å².